The quantitative estimate of drug-likeness (QED) is 0.176. The molecule has 11 rings (SSSR count). The van der Waals surface area contributed by atoms with Crippen molar-refractivity contribution in [2.75, 3.05) is 4.90 Å². The number of hydrogen-bond acceptors (Lipinski definition) is 2. The molecule has 2 aliphatic carbocycles. The number of anilines is 3. The van der Waals surface area contributed by atoms with Crippen molar-refractivity contribution in [2.24, 2.45) is 0 Å². The van der Waals surface area contributed by atoms with Gasteiger partial charge in [-0.2, -0.15) is 0 Å². The molecule has 0 atom stereocenters. The van der Waals surface area contributed by atoms with E-state index < -0.39 is 0 Å². The maximum absolute atomic E-state index is 2.55. The average Bonchev–Trinajstić information content (AvgIpc) is 3.79. The summed E-state index contributed by atoms with van der Waals surface area (Å²) in [5.74, 6) is 0. The first-order chi connectivity index (χ1) is 26.3. The second-order valence-electron chi connectivity index (χ2n) is 16.1. The van der Waals surface area contributed by atoms with Crippen molar-refractivity contribution in [1.29, 1.82) is 0 Å². The molecule has 0 saturated heterocycles. The Bertz CT molecular complexity index is 2890. The van der Waals surface area contributed by atoms with Crippen LogP contribution in [0.1, 0.15) is 49.9 Å². The highest BCUT2D eigenvalue weighted by Gasteiger charge is 2.40. The molecule has 0 amide bonds. The highest BCUT2D eigenvalue weighted by atomic mass is 32.1. The molecule has 2 aliphatic rings. The maximum atomic E-state index is 2.55. The van der Waals surface area contributed by atoms with Crippen LogP contribution in [-0.4, -0.2) is 0 Å². The van der Waals surface area contributed by atoms with Crippen molar-refractivity contribution in [2.45, 2.75) is 38.5 Å². The third-order valence-electron chi connectivity index (χ3n) is 12.5. The van der Waals surface area contributed by atoms with Crippen LogP contribution >= 0.6 is 11.3 Å². The minimum absolute atomic E-state index is 0.101. The van der Waals surface area contributed by atoms with E-state index >= 15 is 0 Å². The van der Waals surface area contributed by atoms with Gasteiger partial charge in [0.05, 0.1) is 11.4 Å². The third-order valence-corrected chi connectivity index (χ3v) is 13.7. The molecular weight excluding hydrogens is 671 g/mol. The molecule has 0 N–H and O–H groups in total. The first kappa shape index (κ1) is 31.6. The van der Waals surface area contributed by atoms with Crippen molar-refractivity contribution < 1.29 is 0 Å². The minimum atomic E-state index is -0.101. The number of benzene rings is 8. The molecule has 0 bridgehead atoms. The lowest BCUT2D eigenvalue weighted by Gasteiger charge is -2.31. The molecule has 54 heavy (non-hydrogen) atoms. The first-order valence-electron chi connectivity index (χ1n) is 19.0. The van der Waals surface area contributed by atoms with E-state index in [0.717, 1.165) is 5.69 Å². The van der Waals surface area contributed by atoms with Gasteiger partial charge in [0, 0.05) is 53.2 Å². The number of hydrogen-bond donors (Lipinski definition) is 0. The summed E-state index contributed by atoms with van der Waals surface area (Å²) in [5, 5.41) is 5.27. The predicted molar refractivity (Wildman–Crippen MR) is 232 cm³/mol. The fourth-order valence-electron chi connectivity index (χ4n) is 9.83. The summed E-state index contributed by atoms with van der Waals surface area (Å²) >= 11 is 1.90. The first-order valence-corrected chi connectivity index (χ1v) is 19.8. The van der Waals surface area contributed by atoms with Gasteiger partial charge in [0.2, 0.25) is 0 Å². The van der Waals surface area contributed by atoms with Crippen LogP contribution in [-0.2, 0) is 10.8 Å². The van der Waals surface area contributed by atoms with Gasteiger partial charge in [0.25, 0.3) is 0 Å². The zero-order valence-corrected chi connectivity index (χ0v) is 31.8. The monoisotopic (exact) mass is 709 g/mol. The van der Waals surface area contributed by atoms with Gasteiger partial charge in [-0.05, 0) is 86.3 Å². The highest BCUT2D eigenvalue weighted by Crippen LogP contribution is 2.58. The number of thiophene rings is 1. The molecule has 8 aromatic carbocycles. The number of rotatable bonds is 4. The van der Waals surface area contributed by atoms with Crippen molar-refractivity contribution >= 4 is 59.3 Å². The summed E-state index contributed by atoms with van der Waals surface area (Å²) < 4.78 is 2.70. The summed E-state index contributed by atoms with van der Waals surface area (Å²) in [6.07, 6.45) is 0. The molecule has 0 spiro atoms. The molecule has 0 aliphatic heterocycles. The molecule has 1 aromatic heterocycles. The Kier molecular flexibility index (Phi) is 6.59. The molecule has 258 valence electrons. The van der Waals surface area contributed by atoms with Gasteiger partial charge in [-0.25, -0.2) is 0 Å². The Morgan fingerprint density at radius 1 is 0.407 bits per heavy atom. The topological polar surface area (TPSA) is 3.24 Å². The second-order valence-corrected chi connectivity index (χ2v) is 17.1. The van der Waals surface area contributed by atoms with Crippen molar-refractivity contribution in [3.63, 3.8) is 0 Å². The van der Waals surface area contributed by atoms with Gasteiger partial charge in [0.1, 0.15) is 0 Å². The molecule has 1 nitrogen and oxygen atoms in total. The molecule has 0 saturated carbocycles. The van der Waals surface area contributed by atoms with Gasteiger partial charge in [0.15, 0.2) is 0 Å². The molecule has 2 heteroatoms. The number of nitrogens with zero attached hydrogens (tertiary/aromatic N) is 1. The smallest absolute Gasteiger partial charge is 0.0543 e. The fraction of sp³-hybridized carbons (Fsp3) is 0.115. The Morgan fingerprint density at radius 3 is 1.52 bits per heavy atom. The lowest BCUT2D eigenvalue weighted by molar-refractivity contribution is 0.660. The van der Waals surface area contributed by atoms with E-state index in [9.17, 15) is 0 Å². The molecule has 0 fully saturated rings. The normalized spacial score (nSPS) is 14.6. The lowest BCUT2D eigenvalue weighted by Crippen LogP contribution is -2.17. The minimum Gasteiger partial charge on any atom is -0.309 e. The summed E-state index contributed by atoms with van der Waals surface area (Å²) in [6, 6.07) is 61.4. The van der Waals surface area contributed by atoms with Crippen LogP contribution in [0.5, 0.6) is 0 Å². The number of fused-ring (bicyclic) bond motifs is 11. The average molecular weight is 710 g/mol. The summed E-state index contributed by atoms with van der Waals surface area (Å²) in [6.45, 7) is 9.49. The lowest BCUT2D eigenvalue weighted by atomic mass is 9.82. The second kappa shape index (κ2) is 11.3. The molecule has 1 heterocycles. The SMILES string of the molecule is CC1(C)c2ccccc2-c2c(N(c3ccc(-c4cc5c6ccccc6sc5c5ccccc45)cc3)c3cccc4c3-c3ccccc3C4(C)C)cccc21. The van der Waals surface area contributed by atoms with Crippen LogP contribution in [0.15, 0.2) is 164 Å². The van der Waals surface area contributed by atoms with E-state index in [1.165, 1.54) is 98.0 Å². The van der Waals surface area contributed by atoms with Gasteiger partial charge >= 0.3 is 0 Å². The van der Waals surface area contributed by atoms with Crippen LogP contribution in [0.2, 0.25) is 0 Å². The maximum Gasteiger partial charge on any atom is 0.0543 e. The van der Waals surface area contributed by atoms with Crippen LogP contribution in [0.25, 0.3) is 64.3 Å². The predicted octanol–water partition coefficient (Wildman–Crippen LogP) is 15.0. The Balaban J connectivity index is 1.16. The van der Waals surface area contributed by atoms with Crippen molar-refractivity contribution in [1.82, 2.24) is 0 Å². The van der Waals surface area contributed by atoms with E-state index in [1.807, 2.05) is 11.3 Å². The van der Waals surface area contributed by atoms with Gasteiger partial charge in [-0.15, -0.1) is 11.3 Å². The van der Waals surface area contributed by atoms with Crippen molar-refractivity contribution in [3.8, 4) is 33.4 Å². The van der Waals surface area contributed by atoms with Crippen LogP contribution in [0.4, 0.5) is 17.1 Å². The standard InChI is InChI=1S/C52H39NS/c1-51(2)41-20-10-7-18-37(41)48-43(51)22-13-24-45(48)53(46-25-14-23-44-49(46)38-19-8-11-21-42(38)52(44,3)4)33-29-27-32(28-30-33)39-31-40-35-16-9-12-26-47(35)54-50(40)36-17-6-5-15-34(36)39/h5-31H,1-4H3. The van der Waals surface area contributed by atoms with Gasteiger partial charge < -0.3 is 4.90 Å². The third kappa shape index (κ3) is 4.26. The highest BCUT2D eigenvalue weighted by molar-refractivity contribution is 7.26. The summed E-state index contributed by atoms with van der Waals surface area (Å²) in [5.41, 5.74) is 16.7. The van der Waals surface area contributed by atoms with E-state index in [1.54, 1.807) is 0 Å². The molecule has 0 radical (unpaired) electrons. The van der Waals surface area contributed by atoms with Gasteiger partial charge in [-0.3, -0.25) is 0 Å². The van der Waals surface area contributed by atoms with Crippen LogP contribution in [0, 0.1) is 0 Å². The van der Waals surface area contributed by atoms with Crippen LogP contribution in [0.3, 0.4) is 0 Å². The fourth-order valence-corrected chi connectivity index (χ4v) is 11.0. The molecule has 9 aromatic rings. The zero-order valence-electron chi connectivity index (χ0n) is 30.9. The van der Waals surface area contributed by atoms with E-state index in [2.05, 4.69) is 196 Å². The summed E-state index contributed by atoms with van der Waals surface area (Å²) in [7, 11) is 0. The van der Waals surface area contributed by atoms with E-state index in [-0.39, 0.29) is 10.8 Å². The Labute approximate surface area is 320 Å². The molecule has 0 unspecified atom stereocenters. The Morgan fingerprint density at radius 2 is 0.907 bits per heavy atom. The Hall–Kier alpha value is -5.96. The van der Waals surface area contributed by atoms with E-state index in [4.69, 9.17) is 0 Å². The van der Waals surface area contributed by atoms with E-state index in [0.29, 0.717) is 0 Å². The zero-order chi connectivity index (χ0) is 36.3. The summed E-state index contributed by atoms with van der Waals surface area (Å²) in [4.78, 5) is 2.55. The van der Waals surface area contributed by atoms with Gasteiger partial charge in [-0.1, -0.05) is 155 Å². The molecular formula is C52H39NS. The van der Waals surface area contributed by atoms with Crippen LogP contribution < -0.4 is 4.90 Å². The largest absolute Gasteiger partial charge is 0.309 e. The van der Waals surface area contributed by atoms with Crippen molar-refractivity contribution in [3.05, 3.63) is 186 Å².